The fourth-order valence-electron chi connectivity index (χ4n) is 2.78. The fourth-order valence-corrected chi connectivity index (χ4v) is 2.78. The van der Waals surface area contributed by atoms with E-state index < -0.39 is 11.4 Å². The van der Waals surface area contributed by atoms with Crippen LogP contribution in [0.25, 0.3) is 0 Å². The topological polar surface area (TPSA) is 48.3 Å². The highest BCUT2D eigenvalue weighted by Gasteiger charge is 2.67. The van der Waals surface area contributed by atoms with Gasteiger partial charge in [-0.05, 0) is 24.1 Å². The Morgan fingerprint density at radius 1 is 1.15 bits per heavy atom. The average molecular weight is 269 g/mol. The molecule has 1 aromatic carbocycles. The van der Waals surface area contributed by atoms with Gasteiger partial charge in [-0.15, -0.1) is 0 Å². The van der Waals surface area contributed by atoms with Gasteiger partial charge in [0, 0.05) is 18.3 Å². The lowest BCUT2D eigenvalue weighted by molar-refractivity contribution is -0.145. The molecule has 1 aromatic heterocycles. The van der Waals surface area contributed by atoms with Gasteiger partial charge in [-0.25, -0.2) is 0 Å². The van der Waals surface area contributed by atoms with Crippen LogP contribution in [0.15, 0.2) is 54.9 Å². The van der Waals surface area contributed by atoms with Crippen LogP contribution in [-0.4, -0.2) is 23.6 Å². The van der Waals surface area contributed by atoms with Crippen molar-refractivity contribution in [2.75, 3.05) is 7.11 Å². The zero-order valence-electron chi connectivity index (χ0n) is 11.2. The highest BCUT2D eigenvalue weighted by molar-refractivity contribution is 6.08. The summed E-state index contributed by atoms with van der Waals surface area (Å²) in [4.78, 5) is 24.8. The molecule has 1 heterocycles. The molecular weight excluding hydrogens is 254 g/mol. The molecule has 4 heteroatoms. The Balaban J connectivity index is 1.97. The van der Waals surface area contributed by atoms with E-state index >= 15 is 0 Å². The fraction of sp³-hybridized carbons (Fsp3) is 0.250. The maximum atomic E-state index is 12.6. The van der Waals surface area contributed by atoms with Gasteiger partial charge in [0.2, 0.25) is 5.91 Å². The third-order valence-corrected chi connectivity index (χ3v) is 3.93. The summed E-state index contributed by atoms with van der Waals surface area (Å²) in [5.41, 5.74) is -0.0758. The van der Waals surface area contributed by atoms with Gasteiger partial charge in [-0.3, -0.25) is 14.2 Å². The molecule has 0 radical (unpaired) electrons. The van der Waals surface area contributed by atoms with Crippen LogP contribution in [0, 0.1) is 5.41 Å². The van der Waals surface area contributed by atoms with Gasteiger partial charge in [0.25, 0.3) is 0 Å². The summed E-state index contributed by atoms with van der Waals surface area (Å²) in [6.07, 6.45) is 3.82. The molecule has 4 nitrogen and oxygen atoms in total. The number of esters is 1. The lowest BCUT2D eigenvalue weighted by Crippen LogP contribution is -2.32. The van der Waals surface area contributed by atoms with Crippen molar-refractivity contribution in [3.63, 3.8) is 0 Å². The van der Waals surface area contributed by atoms with E-state index in [-0.39, 0.29) is 11.8 Å². The molecule has 1 saturated carbocycles. The first-order valence-electron chi connectivity index (χ1n) is 6.51. The van der Waals surface area contributed by atoms with Gasteiger partial charge in [-0.2, -0.15) is 0 Å². The van der Waals surface area contributed by atoms with Crippen molar-refractivity contribution in [1.29, 1.82) is 0 Å². The minimum Gasteiger partial charge on any atom is -0.468 e. The van der Waals surface area contributed by atoms with Gasteiger partial charge in [0.1, 0.15) is 0 Å². The number of nitrogens with zero attached hydrogens (tertiary/aromatic N) is 1. The molecule has 20 heavy (non-hydrogen) atoms. The number of rotatable bonds is 3. The number of hydrogen-bond donors (Lipinski definition) is 0. The van der Waals surface area contributed by atoms with Gasteiger partial charge >= 0.3 is 5.97 Å². The molecular formula is C16H15NO3. The normalized spacial score (nSPS) is 24.1. The van der Waals surface area contributed by atoms with Crippen molar-refractivity contribution in [2.45, 2.75) is 12.3 Å². The van der Waals surface area contributed by atoms with Crippen LogP contribution in [0.1, 0.15) is 22.7 Å². The van der Waals surface area contributed by atoms with E-state index in [4.69, 9.17) is 4.74 Å². The molecule has 0 bridgehead atoms. The maximum absolute atomic E-state index is 12.6. The lowest BCUT2D eigenvalue weighted by atomic mass is 9.98. The number of carbonyl (C=O) groups is 2. The van der Waals surface area contributed by atoms with Crippen LogP contribution < -0.4 is 0 Å². The summed E-state index contributed by atoms with van der Waals surface area (Å²) >= 11 is 0. The van der Waals surface area contributed by atoms with E-state index in [1.54, 1.807) is 24.5 Å². The smallest absolute Gasteiger partial charge is 0.322 e. The Bertz CT molecular complexity index is 633. The molecule has 0 amide bonds. The van der Waals surface area contributed by atoms with Crippen molar-refractivity contribution in [2.24, 2.45) is 5.41 Å². The first-order valence-corrected chi connectivity index (χ1v) is 6.51. The zero-order valence-corrected chi connectivity index (χ0v) is 11.2. The molecule has 1 aliphatic rings. The third kappa shape index (κ3) is 1.76. The summed E-state index contributed by atoms with van der Waals surface area (Å²) in [7, 11) is 1.33. The molecule has 0 unspecified atom stereocenters. The molecule has 0 saturated heterocycles. The number of ether oxygens (including phenoxy) is 1. The lowest BCUT2D eigenvalue weighted by Gasteiger charge is -2.14. The van der Waals surface area contributed by atoms with E-state index in [1.165, 1.54) is 11.7 Å². The largest absolute Gasteiger partial charge is 0.468 e. The highest BCUT2D eigenvalue weighted by Crippen LogP contribution is 2.60. The van der Waals surface area contributed by atoms with Gasteiger partial charge in [0.05, 0.1) is 7.11 Å². The van der Waals surface area contributed by atoms with E-state index in [9.17, 15) is 9.59 Å². The predicted molar refractivity (Wildman–Crippen MR) is 73.3 cm³/mol. The van der Waals surface area contributed by atoms with Crippen LogP contribution in [0.5, 0.6) is 0 Å². The molecule has 1 fully saturated rings. The second kappa shape index (κ2) is 4.63. The van der Waals surface area contributed by atoms with Crippen LogP contribution >= 0.6 is 0 Å². The first-order chi connectivity index (χ1) is 9.70. The molecule has 0 aliphatic heterocycles. The minimum atomic E-state index is -1.07. The SMILES string of the molecule is COC(=O)[C@]1(C(=O)n2cccc2)C[C@@H]1c1ccccc1. The molecule has 2 aromatic rings. The van der Waals surface area contributed by atoms with Gasteiger partial charge < -0.3 is 4.74 Å². The quantitative estimate of drug-likeness (QED) is 0.635. The maximum Gasteiger partial charge on any atom is 0.322 e. The predicted octanol–water partition coefficient (Wildman–Crippen LogP) is 2.48. The summed E-state index contributed by atoms with van der Waals surface area (Å²) in [6, 6.07) is 13.2. The number of benzene rings is 1. The van der Waals surface area contributed by atoms with Crippen LogP contribution in [0.2, 0.25) is 0 Å². The van der Waals surface area contributed by atoms with Crippen molar-refractivity contribution >= 4 is 11.9 Å². The van der Waals surface area contributed by atoms with Crippen molar-refractivity contribution in [1.82, 2.24) is 4.57 Å². The van der Waals surface area contributed by atoms with Gasteiger partial charge in [-0.1, -0.05) is 30.3 Å². The summed E-state index contributed by atoms with van der Waals surface area (Å²) in [6.45, 7) is 0. The van der Waals surface area contributed by atoms with E-state index in [2.05, 4.69) is 0 Å². The van der Waals surface area contributed by atoms with E-state index in [1.807, 2.05) is 30.3 Å². The Kier molecular flexibility index (Phi) is 2.93. The van der Waals surface area contributed by atoms with Crippen molar-refractivity contribution in [3.05, 3.63) is 60.4 Å². The van der Waals surface area contributed by atoms with E-state index in [0.717, 1.165) is 5.56 Å². The molecule has 2 atom stereocenters. The second-order valence-corrected chi connectivity index (χ2v) is 5.03. The number of aromatic nitrogens is 1. The number of hydrogen-bond acceptors (Lipinski definition) is 3. The molecule has 102 valence electrons. The highest BCUT2D eigenvalue weighted by atomic mass is 16.5. The Labute approximate surface area is 117 Å². The summed E-state index contributed by atoms with van der Waals surface area (Å²) in [5.74, 6) is -0.778. The third-order valence-electron chi connectivity index (χ3n) is 3.93. The zero-order chi connectivity index (χ0) is 14.2. The average Bonchev–Trinajstić information content (AvgIpc) is 3.02. The van der Waals surface area contributed by atoms with Crippen molar-refractivity contribution in [3.8, 4) is 0 Å². The van der Waals surface area contributed by atoms with E-state index in [0.29, 0.717) is 6.42 Å². The van der Waals surface area contributed by atoms with Crippen LogP contribution in [0.4, 0.5) is 0 Å². The van der Waals surface area contributed by atoms with Crippen LogP contribution in [0.3, 0.4) is 0 Å². The monoisotopic (exact) mass is 269 g/mol. The molecule has 1 aliphatic carbocycles. The summed E-state index contributed by atoms with van der Waals surface area (Å²) < 4.78 is 6.33. The summed E-state index contributed by atoms with van der Waals surface area (Å²) in [5, 5.41) is 0. The second-order valence-electron chi connectivity index (χ2n) is 5.03. The molecule has 3 rings (SSSR count). The minimum absolute atomic E-state index is 0.106. The van der Waals surface area contributed by atoms with Crippen LogP contribution in [-0.2, 0) is 9.53 Å². The van der Waals surface area contributed by atoms with Crippen molar-refractivity contribution < 1.29 is 14.3 Å². The number of carbonyl (C=O) groups excluding carboxylic acids is 2. The molecule has 0 N–H and O–H groups in total. The van der Waals surface area contributed by atoms with Gasteiger partial charge in [0.15, 0.2) is 5.41 Å². The number of methoxy groups -OCH3 is 1. The first kappa shape index (κ1) is 12.7. The Morgan fingerprint density at radius 3 is 2.40 bits per heavy atom. The Morgan fingerprint density at radius 2 is 1.80 bits per heavy atom. The standard InChI is InChI=1S/C16H15NO3/c1-20-15(19)16(14(18)17-9-5-6-10-17)11-13(16)12-7-3-2-4-8-12/h2-10,13H,11H2,1H3/t13-,16-/m1/s1. The Hall–Kier alpha value is -2.36. The molecule has 0 spiro atoms.